The highest BCUT2D eigenvalue weighted by Gasteiger charge is 2.25. The molecule has 1 aliphatic rings. The van der Waals surface area contributed by atoms with E-state index in [1.807, 2.05) is 36.9 Å². The molecule has 0 atom stereocenters. The van der Waals surface area contributed by atoms with E-state index < -0.39 is 5.82 Å². The molecule has 0 unspecified atom stereocenters. The van der Waals surface area contributed by atoms with Crippen molar-refractivity contribution in [2.75, 3.05) is 45.2 Å². The summed E-state index contributed by atoms with van der Waals surface area (Å²) in [6.07, 6.45) is 0. The Balaban J connectivity index is 1.56. The summed E-state index contributed by atoms with van der Waals surface area (Å²) in [6.45, 7) is 6.28. The summed E-state index contributed by atoms with van der Waals surface area (Å²) in [4.78, 5) is 28.9. The number of carbonyl (C=O) groups excluding carboxylic acids is 2. The van der Waals surface area contributed by atoms with Crippen LogP contribution in [0.4, 0.5) is 10.1 Å². The lowest BCUT2D eigenvalue weighted by Gasteiger charge is -2.34. The third-order valence-corrected chi connectivity index (χ3v) is 5.16. The smallest absolute Gasteiger partial charge is 0.257 e. The molecule has 0 aliphatic carbocycles. The van der Waals surface area contributed by atoms with Gasteiger partial charge >= 0.3 is 0 Å². The first-order chi connectivity index (χ1) is 13.9. The monoisotopic (exact) mass is 399 g/mol. The van der Waals surface area contributed by atoms with E-state index in [4.69, 9.17) is 4.74 Å². The topological polar surface area (TPSA) is 61.9 Å². The molecule has 2 aromatic rings. The number of carbonyl (C=O) groups is 2. The largest absolute Gasteiger partial charge is 0.496 e. The maximum absolute atomic E-state index is 13.6. The number of hydrogen-bond donors (Lipinski definition) is 1. The van der Waals surface area contributed by atoms with E-state index >= 15 is 0 Å². The third-order valence-electron chi connectivity index (χ3n) is 5.16. The predicted octanol–water partition coefficient (Wildman–Crippen LogP) is 2.85. The summed E-state index contributed by atoms with van der Waals surface area (Å²) in [6, 6.07) is 9.82. The van der Waals surface area contributed by atoms with Gasteiger partial charge in [0.25, 0.3) is 5.91 Å². The summed E-state index contributed by atoms with van der Waals surface area (Å²) in [5, 5.41) is 2.99. The Morgan fingerprint density at radius 1 is 1.07 bits per heavy atom. The van der Waals surface area contributed by atoms with E-state index in [2.05, 4.69) is 5.32 Å². The van der Waals surface area contributed by atoms with Crippen molar-refractivity contribution in [1.29, 1.82) is 0 Å². The molecule has 29 heavy (non-hydrogen) atoms. The summed E-state index contributed by atoms with van der Waals surface area (Å²) >= 11 is 0. The predicted molar refractivity (Wildman–Crippen MR) is 110 cm³/mol. The molecule has 0 bridgehead atoms. The van der Waals surface area contributed by atoms with Gasteiger partial charge < -0.3 is 15.0 Å². The van der Waals surface area contributed by atoms with Gasteiger partial charge in [0.2, 0.25) is 5.91 Å². The number of aryl methyl sites for hydroxylation is 2. The number of nitrogens with zero attached hydrogens (tertiary/aromatic N) is 2. The van der Waals surface area contributed by atoms with E-state index in [0.29, 0.717) is 31.9 Å². The third kappa shape index (κ3) is 4.92. The van der Waals surface area contributed by atoms with Gasteiger partial charge in [-0.05, 0) is 43.2 Å². The first kappa shape index (κ1) is 20.8. The van der Waals surface area contributed by atoms with Crippen molar-refractivity contribution in [1.82, 2.24) is 9.80 Å². The van der Waals surface area contributed by atoms with Gasteiger partial charge in [-0.1, -0.05) is 18.2 Å². The Morgan fingerprint density at radius 3 is 2.34 bits per heavy atom. The maximum Gasteiger partial charge on any atom is 0.257 e. The zero-order valence-electron chi connectivity index (χ0n) is 17.0. The Labute approximate surface area is 170 Å². The van der Waals surface area contributed by atoms with E-state index in [9.17, 15) is 14.0 Å². The SMILES string of the molecule is COc1ccc(F)cc1C(=O)N1CCN(CC(=O)Nc2c(C)cccc2C)CC1. The molecule has 0 saturated carbocycles. The van der Waals surface area contributed by atoms with E-state index in [-0.39, 0.29) is 23.9 Å². The molecule has 0 spiro atoms. The maximum atomic E-state index is 13.6. The van der Waals surface area contributed by atoms with Crippen LogP contribution in [0.25, 0.3) is 0 Å². The fourth-order valence-electron chi connectivity index (χ4n) is 3.52. The number of anilines is 1. The van der Waals surface area contributed by atoms with Crippen molar-refractivity contribution in [2.45, 2.75) is 13.8 Å². The minimum atomic E-state index is -0.476. The Morgan fingerprint density at radius 2 is 1.72 bits per heavy atom. The molecule has 0 radical (unpaired) electrons. The molecule has 6 nitrogen and oxygen atoms in total. The average Bonchev–Trinajstić information content (AvgIpc) is 2.71. The molecule has 1 N–H and O–H groups in total. The minimum absolute atomic E-state index is 0.0750. The van der Waals surface area contributed by atoms with Crippen molar-refractivity contribution in [3.05, 3.63) is 58.9 Å². The number of rotatable bonds is 5. The van der Waals surface area contributed by atoms with E-state index in [0.717, 1.165) is 16.8 Å². The molecule has 7 heteroatoms. The van der Waals surface area contributed by atoms with Gasteiger partial charge in [-0.2, -0.15) is 0 Å². The van der Waals surface area contributed by atoms with Gasteiger partial charge in [0.05, 0.1) is 19.2 Å². The van der Waals surface area contributed by atoms with Crippen LogP contribution in [0.2, 0.25) is 0 Å². The standard InChI is InChI=1S/C22H26FN3O3/c1-15-5-4-6-16(2)21(15)24-20(27)14-25-9-11-26(12-10-25)22(28)18-13-17(23)7-8-19(18)29-3/h4-8,13H,9-12,14H2,1-3H3,(H,24,27). The number of para-hydroxylation sites is 1. The molecule has 154 valence electrons. The molecule has 1 aliphatic heterocycles. The zero-order valence-corrected chi connectivity index (χ0v) is 17.0. The molecule has 1 heterocycles. The lowest BCUT2D eigenvalue weighted by molar-refractivity contribution is -0.117. The van der Waals surface area contributed by atoms with Gasteiger partial charge in [-0.15, -0.1) is 0 Å². The molecule has 0 aromatic heterocycles. The van der Waals surface area contributed by atoms with Gasteiger partial charge in [-0.3, -0.25) is 14.5 Å². The fraction of sp³-hybridized carbons (Fsp3) is 0.364. The summed E-state index contributed by atoms with van der Waals surface area (Å²) in [7, 11) is 1.46. The summed E-state index contributed by atoms with van der Waals surface area (Å²) in [5.74, 6) is -0.460. The van der Waals surface area contributed by atoms with Crippen molar-refractivity contribution in [3.8, 4) is 5.75 Å². The second kappa shape index (κ2) is 9.05. The highest BCUT2D eigenvalue weighted by Crippen LogP contribution is 2.22. The van der Waals surface area contributed by atoms with Crippen LogP contribution in [0, 0.1) is 19.7 Å². The minimum Gasteiger partial charge on any atom is -0.496 e. The molecular formula is C22H26FN3O3. The van der Waals surface area contributed by atoms with Crippen LogP contribution in [-0.2, 0) is 4.79 Å². The number of amides is 2. The van der Waals surface area contributed by atoms with Crippen LogP contribution < -0.4 is 10.1 Å². The molecule has 1 saturated heterocycles. The highest BCUT2D eigenvalue weighted by atomic mass is 19.1. The van der Waals surface area contributed by atoms with Gasteiger partial charge in [0.1, 0.15) is 11.6 Å². The number of piperazine rings is 1. The second-order valence-corrected chi connectivity index (χ2v) is 7.23. The highest BCUT2D eigenvalue weighted by molar-refractivity contribution is 5.97. The number of nitrogens with one attached hydrogen (secondary N) is 1. The number of benzene rings is 2. The Hall–Kier alpha value is -2.93. The van der Waals surface area contributed by atoms with Crippen molar-refractivity contribution in [2.24, 2.45) is 0 Å². The quantitative estimate of drug-likeness (QED) is 0.840. The van der Waals surface area contributed by atoms with Gasteiger partial charge in [0, 0.05) is 31.9 Å². The van der Waals surface area contributed by atoms with E-state index in [1.54, 1.807) is 4.90 Å². The van der Waals surface area contributed by atoms with E-state index in [1.165, 1.54) is 25.3 Å². The first-order valence-corrected chi connectivity index (χ1v) is 9.60. The van der Waals surface area contributed by atoms with Gasteiger partial charge in [-0.25, -0.2) is 4.39 Å². The summed E-state index contributed by atoms with van der Waals surface area (Å²) in [5.41, 5.74) is 3.12. The summed E-state index contributed by atoms with van der Waals surface area (Å²) < 4.78 is 18.8. The molecule has 2 amide bonds. The number of halogens is 1. The van der Waals surface area contributed by atoms with Gasteiger partial charge in [0.15, 0.2) is 0 Å². The van der Waals surface area contributed by atoms with Crippen LogP contribution in [0.1, 0.15) is 21.5 Å². The Bertz CT molecular complexity index is 888. The number of ether oxygens (including phenoxy) is 1. The number of methoxy groups -OCH3 is 1. The lowest BCUT2D eigenvalue weighted by atomic mass is 10.1. The number of hydrogen-bond acceptors (Lipinski definition) is 4. The molecule has 3 rings (SSSR count). The van der Waals surface area contributed by atoms with Crippen molar-refractivity contribution < 1.29 is 18.7 Å². The lowest BCUT2D eigenvalue weighted by Crippen LogP contribution is -2.50. The zero-order chi connectivity index (χ0) is 21.0. The second-order valence-electron chi connectivity index (χ2n) is 7.23. The average molecular weight is 399 g/mol. The molecule has 1 fully saturated rings. The van der Waals surface area contributed by atoms with Crippen LogP contribution in [0.3, 0.4) is 0 Å². The first-order valence-electron chi connectivity index (χ1n) is 9.60. The Kier molecular flexibility index (Phi) is 6.49. The normalized spacial score (nSPS) is 14.6. The van der Waals surface area contributed by atoms with Crippen LogP contribution >= 0.6 is 0 Å². The van der Waals surface area contributed by atoms with Crippen molar-refractivity contribution in [3.63, 3.8) is 0 Å². The fourth-order valence-corrected chi connectivity index (χ4v) is 3.52. The van der Waals surface area contributed by atoms with Crippen LogP contribution in [0.15, 0.2) is 36.4 Å². The molecule has 2 aromatic carbocycles. The van der Waals surface area contributed by atoms with Crippen LogP contribution in [0.5, 0.6) is 5.75 Å². The molecular weight excluding hydrogens is 373 g/mol. The van der Waals surface area contributed by atoms with Crippen molar-refractivity contribution >= 4 is 17.5 Å². The van der Waals surface area contributed by atoms with Crippen LogP contribution in [-0.4, -0.2) is 61.4 Å².